The number of methoxy groups -OCH3 is 1. The smallest absolute Gasteiger partial charge is 0.263 e. The highest BCUT2D eigenvalue weighted by atomic mass is 16.5. The van der Waals surface area contributed by atoms with Gasteiger partial charge in [-0.2, -0.15) is 0 Å². The molecule has 0 radical (unpaired) electrons. The fraction of sp³-hybridized carbons (Fsp3) is 0.556. The van der Waals surface area contributed by atoms with Crippen LogP contribution >= 0.6 is 0 Å². The highest BCUT2D eigenvalue weighted by Crippen LogP contribution is 2.43. The number of rotatable bonds is 12. The molecule has 3 aromatic rings. The fourth-order valence-corrected chi connectivity index (χ4v) is 6.70. The zero-order valence-corrected chi connectivity index (χ0v) is 26.8. The van der Waals surface area contributed by atoms with E-state index in [-0.39, 0.29) is 5.91 Å². The van der Waals surface area contributed by atoms with Crippen molar-refractivity contribution in [2.45, 2.75) is 110 Å². The first-order chi connectivity index (χ1) is 20.7. The van der Waals surface area contributed by atoms with E-state index in [1.807, 2.05) is 33.8 Å². The molecule has 2 aromatic carbocycles. The van der Waals surface area contributed by atoms with Gasteiger partial charge in [0.15, 0.2) is 5.60 Å². The lowest BCUT2D eigenvalue weighted by Crippen LogP contribution is -2.51. The summed E-state index contributed by atoms with van der Waals surface area (Å²) in [6.45, 7) is 9.30. The summed E-state index contributed by atoms with van der Waals surface area (Å²) >= 11 is 0. The van der Waals surface area contributed by atoms with Crippen LogP contribution in [-0.2, 0) is 24.1 Å². The lowest BCUT2D eigenvalue weighted by atomic mass is 9.86. The summed E-state index contributed by atoms with van der Waals surface area (Å²) in [4.78, 5) is 18.1. The minimum Gasteiger partial charge on any atom is -0.507 e. The van der Waals surface area contributed by atoms with Crippen molar-refractivity contribution in [1.29, 1.82) is 0 Å². The van der Waals surface area contributed by atoms with Crippen LogP contribution in [0.1, 0.15) is 98.2 Å². The van der Waals surface area contributed by atoms with E-state index in [0.717, 1.165) is 84.3 Å². The predicted octanol–water partition coefficient (Wildman–Crippen LogP) is 7.41. The average molecular weight is 588 g/mol. The van der Waals surface area contributed by atoms with Gasteiger partial charge >= 0.3 is 0 Å². The summed E-state index contributed by atoms with van der Waals surface area (Å²) in [6.07, 6.45) is 12.7. The van der Waals surface area contributed by atoms with E-state index in [2.05, 4.69) is 22.8 Å². The van der Waals surface area contributed by atoms with Crippen LogP contribution in [0.15, 0.2) is 18.2 Å². The lowest BCUT2D eigenvalue weighted by Gasteiger charge is -2.36. The molecule has 1 aliphatic carbocycles. The number of phenols is 1. The van der Waals surface area contributed by atoms with Gasteiger partial charge in [-0.15, -0.1) is 0 Å². The Balaban J connectivity index is 1.02. The first-order valence-corrected chi connectivity index (χ1v) is 16.3. The maximum atomic E-state index is 13.1. The van der Waals surface area contributed by atoms with Crippen LogP contribution in [0.3, 0.4) is 0 Å². The van der Waals surface area contributed by atoms with Gasteiger partial charge in [0.1, 0.15) is 17.2 Å². The van der Waals surface area contributed by atoms with E-state index < -0.39 is 5.60 Å². The number of aryl methyl sites for hydroxylation is 1. The normalized spacial score (nSPS) is 17.6. The standard InChI is InChI=1S/C36H49N3O4/c1-23-24(2)34-27(25(3)33(23)40)18-19-36(4,43-34)35(41)38-21-13-9-7-6-8-12-20-37-32-28-14-10-11-15-30(28)39-31-17-16-26(42-5)22-29(31)32/h16-17,22,40H,6-15,18-21H2,1-5H3,(H,37,39)(H,38,41). The van der Waals surface area contributed by atoms with Crippen LogP contribution in [0.5, 0.6) is 17.2 Å². The van der Waals surface area contributed by atoms with Crippen molar-refractivity contribution < 1.29 is 19.4 Å². The third kappa shape index (κ3) is 6.56. The van der Waals surface area contributed by atoms with Gasteiger partial charge in [-0.1, -0.05) is 25.7 Å². The number of pyridine rings is 1. The second-order valence-electron chi connectivity index (χ2n) is 12.7. The van der Waals surface area contributed by atoms with Crippen LogP contribution in [0.2, 0.25) is 0 Å². The zero-order chi connectivity index (χ0) is 30.6. The number of fused-ring (bicyclic) bond motifs is 3. The maximum Gasteiger partial charge on any atom is 0.263 e. The van der Waals surface area contributed by atoms with E-state index >= 15 is 0 Å². The molecule has 0 fully saturated rings. The lowest BCUT2D eigenvalue weighted by molar-refractivity contribution is -0.136. The topological polar surface area (TPSA) is 92.7 Å². The SMILES string of the molecule is COc1ccc2nc3c(c(NCCCCCCCCNC(=O)C4(C)CCc5c(C)c(O)c(C)c(C)c5O4)c2c1)CCCC3. The van der Waals surface area contributed by atoms with Crippen LogP contribution < -0.4 is 20.1 Å². The van der Waals surface area contributed by atoms with Crippen molar-refractivity contribution in [3.8, 4) is 17.2 Å². The molecule has 2 heterocycles. The van der Waals surface area contributed by atoms with Gasteiger partial charge in [-0.05, 0) is 113 Å². The Morgan fingerprint density at radius 1 is 0.953 bits per heavy atom. The number of nitrogens with one attached hydrogen (secondary N) is 2. The Morgan fingerprint density at radius 2 is 1.67 bits per heavy atom. The summed E-state index contributed by atoms with van der Waals surface area (Å²) in [5, 5.41) is 18.5. The number of carbonyl (C=O) groups is 1. The van der Waals surface area contributed by atoms with E-state index in [9.17, 15) is 9.90 Å². The number of amides is 1. The minimum absolute atomic E-state index is 0.0459. The first-order valence-electron chi connectivity index (χ1n) is 16.3. The van der Waals surface area contributed by atoms with E-state index in [1.165, 1.54) is 54.4 Å². The number of nitrogens with zero attached hydrogens (tertiary/aromatic N) is 1. The van der Waals surface area contributed by atoms with Crippen LogP contribution in [-0.4, -0.2) is 41.8 Å². The van der Waals surface area contributed by atoms with Gasteiger partial charge < -0.3 is 25.2 Å². The third-order valence-electron chi connectivity index (χ3n) is 9.66. The molecule has 0 saturated heterocycles. The second kappa shape index (κ2) is 13.4. The van der Waals surface area contributed by atoms with Gasteiger partial charge in [-0.25, -0.2) is 0 Å². The number of unbranched alkanes of at least 4 members (excludes halogenated alkanes) is 5. The number of phenolic OH excluding ortho intramolecular Hbond substituents is 1. The number of ether oxygens (including phenoxy) is 2. The van der Waals surface area contributed by atoms with Gasteiger partial charge in [0, 0.05) is 41.8 Å². The van der Waals surface area contributed by atoms with Crippen LogP contribution in [0, 0.1) is 20.8 Å². The number of hydrogen-bond acceptors (Lipinski definition) is 6. The molecule has 3 N–H and O–H groups in total. The van der Waals surface area contributed by atoms with E-state index in [4.69, 9.17) is 14.5 Å². The Morgan fingerprint density at radius 3 is 2.44 bits per heavy atom. The molecule has 2 aliphatic rings. The Kier molecular flexibility index (Phi) is 9.68. The van der Waals surface area contributed by atoms with Crippen molar-refractivity contribution in [3.63, 3.8) is 0 Å². The second-order valence-corrected chi connectivity index (χ2v) is 12.7. The summed E-state index contributed by atoms with van der Waals surface area (Å²) in [6, 6.07) is 6.19. The molecule has 1 atom stereocenters. The van der Waals surface area contributed by atoms with Crippen LogP contribution in [0.4, 0.5) is 5.69 Å². The van der Waals surface area contributed by atoms with Crippen molar-refractivity contribution in [3.05, 3.63) is 51.7 Å². The minimum atomic E-state index is -0.884. The molecule has 1 amide bonds. The first kappa shape index (κ1) is 31.0. The Bertz CT molecular complexity index is 1480. The molecule has 0 saturated carbocycles. The van der Waals surface area contributed by atoms with E-state index in [0.29, 0.717) is 18.7 Å². The van der Waals surface area contributed by atoms with Crippen molar-refractivity contribution >= 4 is 22.5 Å². The van der Waals surface area contributed by atoms with Gasteiger partial charge in [0.2, 0.25) is 0 Å². The maximum absolute atomic E-state index is 13.1. The largest absolute Gasteiger partial charge is 0.507 e. The number of anilines is 1. The van der Waals surface area contributed by atoms with Crippen molar-refractivity contribution in [2.75, 3.05) is 25.5 Å². The summed E-state index contributed by atoms with van der Waals surface area (Å²) in [7, 11) is 1.72. The molecular weight excluding hydrogens is 538 g/mol. The quantitative estimate of drug-likeness (QED) is 0.191. The molecule has 232 valence electrons. The predicted molar refractivity (Wildman–Crippen MR) is 174 cm³/mol. The number of benzene rings is 2. The molecule has 1 unspecified atom stereocenters. The highest BCUT2D eigenvalue weighted by Gasteiger charge is 2.40. The fourth-order valence-electron chi connectivity index (χ4n) is 6.70. The summed E-state index contributed by atoms with van der Waals surface area (Å²) in [5.74, 6) is 1.93. The molecule has 0 spiro atoms. The molecular formula is C36H49N3O4. The number of hydrogen-bond donors (Lipinski definition) is 3. The van der Waals surface area contributed by atoms with Gasteiger partial charge in [0.25, 0.3) is 5.91 Å². The molecule has 43 heavy (non-hydrogen) atoms. The average Bonchev–Trinajstić information content (AvgIpc) is 3.02. The van der Waals surface area contributed by atoms with Gasteiger partial charge in [-0.3, -0.25) is 9.78 Å². The Hall–Kier alpha value is -3.48. The number of aromatic nitrogens is 1. The zero-order valence-electron chi connectivity index (χ0n) is 26.8. The molecule has 7 heteroatoms. The number of aromatic hydroxyl groups is 1. The van der Waals surface area contributed by atoms with E-state index in [1.54, 1.807) is 7.11 Å². The van der Waals surface area contributed by atoms with Gasteiger partial charge in [0.05, 0.1) is 12.6 Å². The van der Waals surface area contributed by atoms with Crippen molar-refractivity contribution in [2.24, 2.45) is 0 Å². The molecule has 1 aromatic heterocycles. The molecule has 0 bridgehead atoms. The number of carbonyl (C=O) groups excluding carboxylic acids is 1. The molecule has 7 nitrogen and oxygen atoms in total. The monoisotopic (exact) mass is 587 g/mol. The summed E-state index contributed by atoms with van der Waals surface area (Å²) in [5.41, 5.74) is 7.70. The highest BCUT2D eigenvalue weighted by molar-refractivity contribution is 5.94. The third-order valence-corrected chi connectivity index (χ3v) is 9.66. The summed E-state index contributed by atoms with van der Waals surface area (Å²) < 4.78 is 11.8. The van der Waals surface area contributed by atoms with Crippen molar-refractivity contribution in [1.82, 2.24) is 10.3 Å². The Labute approximate surface area is 256 Å². The van der Waals surface area contributed by atoms with Crippen LogP contribution in [0.25, 0.3) is 10.9 Å². The molecule has 1 aliphatic heterocycles. The molecule has 5 rings (SSSR count).